The summed E-state index contributed by atoms with van der Waals surface area (Å²) in [5.74, 6) is -0.278. The van der Waals surface area contributed by atoms with E-state index in [4.69, 9.17) is 5.11 Å². The zero-order valence-corrected chi connectivity index (χ0v) is 11.4. The molecule has 5 heteroatoms. The molecule has 0 radical (unpaired) electrons. The first-order valence-electron chi connectivity index (χ1n) is 6.46. The second kappa shape index (κ2) is 5.20. The minimum atomic E-state index is -0.927. The van der Waals surface area contributed by atoms with Gasteiger partial charge in [0.15, 0.2) is 5.82 Å². The summed E-state index contributed by atoms with van der Waals surface area (Å²) in [4.78, 5) is 11.0. The van der Waals surface area contributed by atoms with Crippen LogP contribution < -0.4 is 5.32 Å². The molecule has 3 aromatic rings. The van der Waals surface area contributed by atoms with Gasteiger partial charge >= 0.3 is 5.97 Å². The number of hydrogen-bond donors (Lipinski definition) is 2. The van der Waals surface area contributed by atoms with Gasteiger partial charge in [-0.05, 0) is 30.7 Å². The average molecular weight is 279 g/mol. The third-order valence-electron chi connectivity index (χ3n) is 3.29. The lowest BCUT2D eigenvalue weighted by Gasteiger charge is -2.09. The highest BCUT2D eigenvalue weighted by molar-refractivity contribution is 5.93. The Morgan fingerprint density at radius 3 is 2.76 bits per heavy atom. The Kier molecular flexibility index (Phi) is 3.23. The third kappa shape index (κ3) is 2.53. The van der Waals surface area contributed by atoms with Crippen LogP contribution in [0, 0.1) is 6.92 Å². The lowest BCUT2D eigenvalue weighted by atomic mass is 10.1. The van der Waals surface area contributed by atoms with Crippen molar-refractivity contribution in [1.82, 2.24) is 10.2 Å². The lowest BCUT2D eigenvalue weighted by molar-refractivity contribution is 0.0696. The molecule has 1 aromatic heterocycles. The molecule has 0 fully saturated rings. The van der Waals surface area contributed by atoms with Gasteiger partial charge in [-0.1, -0.05) is 24.3 Å². The molecule has 0 aliphatic rings. The molecule has 3 rings (SSSR count). The van der Waals surface area contributed by atoms with E-state index in [-0.39, 0.29) is 0 Å². The maximum absolute atomic E-state index is 11.0. The van der Waals surface area contributed by atoms with Crippen molar-refractivity contribution in [2.24, 2.45) is 0 Å². The van der Waals surface area contributed by atoms with E-state index in [1.807, 2.05) is 24.3 Å². The number of hydrogen-bond acceptors (Lipinski definition) is 4. The Balaban J connectivity index is 1.99. The van der Waals surface area contributed by atoms with Crippen molar-refractivity contribution in [3.63, 3.8) is 0 Å². The third-order valence-corrected chi connectivity index (χ3v) is 3.29. The number of aryl methyl sites for hydroxylation is 1. The number of fused-ring (bicyclic) bond motifs is 1. The van der Waals surface area contributed by atoms with E-state index in [1.165, 1.54) is 0 Å². The summed E-state index contributed by atoms with van der Waals surface area (Å²) >= 11 is 0. The molecule has 0 atom stereocenters. The van der Waals surface area contributed by atoms with E-state index in [2.05, 4.69) is 15.5 Å². The zero-order chi connectivity index (χ0) is 14.8. The lowest BCUT2D eigenvalue weighted by Crippen LogP contribution is -2.01. The van der Waals surface area contributed by atoms with Crippen molar-refractivity contribution in [3.8, 4) is 0 Å². The van der Waals surface area contributed by atoms with Gasteiger partial charge in [0.2, 0.25) is 0 Å². The number of aromatic carboxylic acids is 1. The summed E-state index contributed by atoms with van der Waals surface area (Å²) in [6, 6.07) is 12.9. The van der Waals surface area contributed by atoms with Gasteiger partial charge in [0.1, 0.15) is 0 Å². The fraction of sp³-hybridized carbons (Fsp3) is 0.0625. The molecule has 104 valence electrons. The van der Waals surface area contributed by atoms with Gasteiger partial charge in [-0.15, -0.1) is 5.10 Å². The SMILES string of the molecule is Cc1cc(Nc2nncc3ccccc23)ccc1C(=O)O. The summed E-state index contributed by atoms with van der Waals surface area (Å²) in [6.07, 6.45) is 1.71. The van der Waals surface area contributed by atoms with Gasteiger partial charge in [0.05, 0.1) is 11.8 Å². The van der Waals surface area contributed by atoms with Crippen LogP contribution in [-0.4, -0.2) is 21.3 Å². The van der Waals surface area contributed by atoms with Gasteiger partial charge in [-0.2, -0.15) is 5.10 Å². The largest absolute Gasteiger partial charge is 0.478 e. The minimum absolute atomic E-state index is 0.296. The molecule has 0 unspecified atom stereocenters. The van der Waals surface area contributed by atoms with Gasteiger partial charge < -0.3 is 10.4 Å². The molecule has 0 aliphatic carbocycles. The van der Waals surface area contributed by atoms with Crippen LogP contribution in [0.25, 0.3) is 10.8 Å². The molecule has 21 heavy (non-hydrogen) atoms. The number of anilines is 2. The van der Waals surface area contributed by atoms with Crippen LogP contribution in [-0.2, 0) is 0 Å². The molecular weight excluding hydrogens is 266 g/mol. The second-order valence-corrected chi connectivity index (χ2v) is 4.74. The molecular formula is C16H13N3O2. The van der Waals surface area contributed by atoms with Gasteiger partial charge in [0.25, 0.3) is 0 Å². The fourth-order valence-electron chi connectivity index (χ4n) is 2.24. The monoisotopic (exact) mass is 279 g/mol. The summed E-state index contributed by atoms with van der Waals surface area (Å²) in [5, 5.41) is 22.3. The number of rotatable bonds is 3. The summed E-state index contributed by atoms with van der Waals surface area (Å²) in [6.45, 7) is 1.77. The summed E-state index contributed by atoms with van der Waals surface area (Å²) in [5.41, 5.74) is 1.77. The highest BCUT2D eigenvalue weighted by atomic mass is 16.4. The van der Waals surface area contributed by atoms with Crippen LogP contribution in [0.15, 0.2) is 48.7 Å². The van der Waals surface area contributed by atoms with Gasteiger partial charge in [-0.3, -0.25) is 0 Å². The quantitative estimate of drug-likeness (QED) is 0.768. The molecule has 0 saturated heterocycles. The van der Waals surface area contributed by atoms with E-state index in [1.54, 1.807) is 31.3 Å². The van der Waals surface area contributed by atoms with Crippen LogP contribution in [0.1, 0.15) is 15.9 Å². The van der Waals surface area contributed by atoms with Crippen LogP contribution >= 0.6 is 0 Å². The maximum atomic E-state index is 11.0. The molecule has 0 bridgehead atoms. The Labute approximate surface area is 121 Å². The number of carboxylic acid groups (broad SMARTS) is 1. The first kappa shape index (κ1) is 13.1. The van der Waals surface area contributed by atoms with Crippen LogP contribution in [0.4, 0.5) is 11.5 Å². The number of nitrogens with one attached hydrogen (secondary N) is 1. The van der Waals surface area contributed by atoms with Gasteiger partial charge in [-0.25, -0.2) is 4.79 Å². The van der Waals surface area contributed by atoms with E-state index in [0.29, 0.717) is 16.9 Å². The second-order valence-electron chi connectivity index (χ2n) is 4.74. The Morgan fingerprint density at radius 1 is 1.19 bits per heavy atom. The van der Waals surface area contributed by atoms with Crippen molar-refractivity contribution >= 4 is 28.2 Å². The Bertz CT molecular complexity index is 825. The smallest absolute Gasteiger partial charge is 0.335 e. The van der Waals surface area contributed by atoms with Gasteiger partial charge in [0, 0.05) is 16.5 Å². The predicted octanol–water partition coefficient (Wildman–Crippen LogP) is 3.38. The van der Waals surface area contributed by atoms with E-state index >= 15 is 0 Å². The van der Waals surface area contributed by atoms with Crippen molar-refractivity contribution in [1.29, 1.82) is 0 Å². The number of nitrogens with zero attached hydrogens (tertiary/aromatic N) is 2. The van der Waals surface area contributed by atoms with Crippen molar-refractivity contribution in [2.75, 3.05) is 5.32 Å². The highest BCUT2D eigenvalue weighted by Crippen LogP contribution is 2.24. The van der Waals surface area contributed by atoms with Crippen LogP contribution in [0.5, 0.6) is 0 Å². The zero-order valence-electron chi connectivity index (χ0n) is 11.4. The Hall–Kier alpha value is -2.95. The molecule has 0 amide bonds. The summed E-state index contributed by atoms with van der Waals surface area (Å²) < 4.78 is 0. The number of benzene rings is 2. The molecule has 2 N–H and O–H groups in total. The van der Waals surface area contributed by atoms with Crippen molar-refractivity contribution in [2.45, 2.75) is 6.92 Å². The fourth-order valence-corrected chi connectivity index (χ4v) is 2.24. The number of carbonyl (C=O) groups is 1. The summed E-state index contributed by atoms with van der Waals surface area (Å²) in [7, 11) is 0. The molecule has 5 nitrogen and oxygen atoms in total. The first-order chi connectivity index (χ1) is 10.1. The number of aromatic nitrogens is 2. The Morgan fingerprint density at radius 2 is 2.00 bits per heavy atom. The molecule has 0 saturated carbocycles. The minimum Gasteiger partial charge on any atom is -0.478 e. The van der Waals surface area contributed by atoms with E-state index in [0.717, 1.165) is 16.5 Å². The average Bonchev–Trinajstić information content (AvgIpc) is 2.47. The van der Waals surface area contributed by atoms with Crippen molar-refractivity contribution < 1.29 is 9.90 Å². The maximum Gasteiger partial charge on any atom is 0.335 e. The molecule has 1 heterocycles. The van der Waals surface area contributed by atoms with Crippen LogP contribution in [0.3, 0.4) is 0 Å². The molecule has 0 spiro atoms. The first-order valence-corrected chi connectivity index (χ1v) is 6.46. The highest BCUT2D eigenvalue weighted by Gasteiger charge is 2.08. The number of carboxylic acids is 1. The topological polar surface area (TPSA) is 75.1 Å². The van der Waals surface area contributed by atoms with Crippen molar-refractivity contribution in [3.05, 3.63) is 59.8 Å². The van der Waals surface area contributed by atoms with E-state index in [9.17, 15) is 4.79 Å². The van der Waals surface area contributed by atoms with Crippen LogP contribution in [0.2, 0.25) is 0 Å². The van der Waals surface area contributed by atoms with E-state index < -0.39 is 5.97 Å². The normalized spacial score (nSPS) is 10.5. The predicted molar refractivity (Wildman–Crippen MR) is 81.0 cm³/mol. The molecule has 0 aliphatic heterocycles. The molecule has 2 aromatic carbocycles. The standard InChI is InChI=1S/C16H13N3O2/c1-10-8-12(6-7-13(10)16(20)21)18-15-14-5-3-2-4-11(14)9-17-19-15/h2-9H,1H3,(H,18,19)(H,20,21).